The smallest absolute Gasteiger partial charge is 0.227 e. The molecule has 2 unspecified atom stereocenters. The molecule has 2 N–H and O–H groups in total. The summed E-state index contributed by atoms with van der Waals surface area (Å²) in [6.07, 6.45) is 0. The second kappa shape index (κ2) is 6.37. The summed E-state index contributed by atoms with van der Waals surface area (Å²) in [4.78, 5) is 16.4. The third kappa shape index (κ3) is 3.58. The first kappa shape index (κ1) is 15.0. The van der Waals surface area contributed by atoms with Gasteiger partial charge in [0.05, 0.1) is 18.2 Å². The van der Waals surface area contributed by atoms with Crippen molar-refractivity contribution < 1.29 is 9.32 Å². The molecule has 0 saturated carbocycles. The van der Waals surface area contributed by atoms with E-state index in [1.54, 1.807) is 0 Å². The van der Waals surface area contributed by atoms with Gasteiger partial charge in [-0.1, -0.05) is 12.1 Å². The largest absolute Gasteiger partial charge is 0.360 e. The Kier molecular flexibility index (Phi) is 4.77. The highest BCUT2D eigenvalue weighted by molar-refractivity contribution is 5.79. The summed E-state index contributed by atoms with van der Waals surface area (Å²) >= 11 is 0. The molecular weight excluding hydrogens is 256 g/mol. The Morgan fingerprint density at radius 1 is 1.40 bits per heavy atom. The Labute approximate surface area is 119 Å². The van der Waals surface area contributed by atoms with Crippen LogP contribution in [0.5, 0.6) is 0 Å². The highest BCUT2D eigenvalue weighted by Gasteiger charge is 2.26. The number of nitrogens with two attached hydrogens (primary N) is 1. The number of hydrogen-bond donors (Lipinski definition) is 1. The third-order valence-electron chi connectivity index (χ3n) is 3.92. The zero-order valence-corrected chi connectivity index (χ0v) is 12.5. The molecule has 1 saturated heterocycles. The minimum Gasteiger partial charge on any atom is -0.360 e. The van der Waals surface area contributed by atoms with E-state index in [2.05, 4.69) is 10.1 Å². The molecule has 0 bridgehead atoms. The van der Waals surface area contributed by atoms with E-state index in [4.69, 9.17) is 10.3 Å². The maximum absolute atomic E-state index is 12.2. The number of rotatable bonds is 4. The van der Waals surface area contributed by atoms with Crippen molar-refractivity contribution >= 4 is 5.91 Å². The minimum atomic E-state index is -0.113. The van der Waals surface area contributed by atoms with E-state index in [0.717, 1.165) is 44.2 Å². The number of piperazine rings is 1. The van der Waals surface area contributed by atoms with Crippen molar-refractivity contribution in [2.45, 2.75) is 33.4 Å². The molecule has 1 aliphatic rings. The average molecular weight is 280 g/mol. The molecular formula is C14H24N4O2. The Balaban J connectivity index is 1.82. The molecule has 1 amide bonds. The van der Waals surface area contributed by atoms with Crippen molar-refractivity contribution in [2.24, 2.45) is 11.7 Å². The lowest BCUT2D eigenvalue weighted by atomic mass is 10.0. The summed E-state index contributed by atoms with van der Waals surface area (Å²) in [6, 6.07) is 1.85. The fourth-order valence-electron chi connectivity index (χ4n) is 2.35. The fourth-order valence-corrected chi connectivity index (χ4v) is 2.35. The normalized spacial score (nSPS) is 19.9. The zero-order chi connectivity index (χ0) is 14.7. The van der Waals surface area contributed by atoms with Crippen LogP contribution in [0.2, 0.25) is 0 Å². The summed E-state index contributed by atoms with van der Waals surface area (Å²) in [5, 5.41) is 3.89. The van der Waals surface area contributed by atoms with E-state index in [9.17, 15) is 4.79 Å². The molecule has 1 aliphatic heterocycles. The lowest BCUT2D eigenvalue weighted by Gasteiger charge is -2.36. The van der Waals surface area contributed by atoms with Gasteiger partial charge in [-0.3, -0.25) is 9.69 Å². The number of nitrogens with zero attached hydrogens (tertiary/aromatic N) is 3. The second-order valence-electron chi connectivity index (χ2n) is 5.68. The third-order valence-corrected chi connectivity index (χ3v) is 3.92. The Bertz CT molecular complexity index is 450. The van der Waals surface area contributed by atoms with Crippen LogP contribution >= 0.6 is 0 Å². The van der Waals surface area contributed by atoms with Gasteiger partial charge >= 0.3 is 0 Å². The van der Waals surface area contributed by atoms with Crippen LogP contribution in [-0.2, 0) is 11.3 Å². The molecule has 0 spiro atoms. The van der Waals surface area contributed by atoms with E-state index >= 15 is 0 Å². The molecule has 6 nitrogen and oxygen atoms in total. The van der Waals surface area contributed by atoms with Crippen LogP contribution in [0, 0.1) is 12.8 Å². The molecule has 20 heavy (non-hydrogen) atoms. The lowest BCUT2D eigenvalue weighted by Crippen LogP contribution is -2.51. The van der Waals surface area contributed by atoms with Gasteiger partial charge in [-0.25, -0.2) is 0 Å². The van der Waals surface area contributed by atoms with Crippen LogP contribution in [0.4, 0.5) is 0 Å². The van der Waals surface area contributed by atoms with E-state index in [0.29, 0.717) is 0 Å². The van der Waals surface area contributed by atoms with Gasteiger partial charge in [0.1, 0.15) is 0 Å². The predicted molar refractivity (Wildman–Crippen MR) is 75.9 cm³/mol. The highest BCUT2D eigenvalue weighted by Crippen LogP contribution is 2.12. The minimum absolute atomic E-state index is 0.0994. The van der Waals surface area contributed by atoms with Gasteiger partial charge in [-0.05, 0) is 13.8 Å². The van der Waals surface area contributed by atoms with Crippen LogP contribution in [0.1, 0.15) is 25.3 Å². The molecule has 1 aromatic heterocycles. The molecule has 0 aromatic carbocycles. The van der Waals surface area contributed by atoms with Gasteiger partial charge < -0.3 is 15.2 Å². The van der Waals surface area contributed by atoms with Gasteiger partial charge in [0, 0.05) is 38.3 Å². The summed E-state index contributed by atoms with van der Waals surface area (Å²) in [5.74, 6) is 0.930. The van der Waals surface area contributed by atoms with E-state index in [1.165, 1.54) is 0 Å². The molecule has 1 fully saturated rings. The lowest BCUT2D eigenvalue weighted by molar-refractivity contribution is -0.137. The van der Waals surface area contributed by atoms with Crippen LogP contribution in [0.15, 0.2) is 10.6 Å². The summed E-state index contributed by atoms with van der Waals surface area (Å²) < 4.78 is 5.22. The van der Waals surface area contributed by atoms with Crippen molar-refractivity contribution in [3.05, 3.63) is 17.5 Å². The first-order chi connectivity index (χ1) is 9.47. The van der Waals surface area contributed by atoms with Gasteiger partial charge in [0.25, 0.3) is 0 Å². The molecule has 2 rings (SSSR count). The molecule has 2 atom stereocenters. The number of amides is 1. The highest BCUT2D eigenvalue weighted by atomic mass is 16.5. The Morgan fingerprint density at radius 3 is 2.55 bits per heavy atom. The van der Waals surface area contributed by atoms with Crippen LogP contribution in [-0.4, -0.2) is 53.1 Å². The number of hydrogen-bond acceptors (Lipinski definition) is 5. The van der Waals surface area contributed by atoms with E-state index in [1.807, 2.05) is 31.7 Å². The van der Waals surface area contributed by atoms with E-state index < -0.39 is 0 Å². The van der Waals surface area contributed by atoms with Crippen LogP contribution < -0.4 is 5.73 Å². The molecule has 0 aliphatic carbocycles. The van der Waals surface area contributed by atoms with Crippen molar-refractivity contribution in [1.82, 2.24) is 15.0 Å². The standard InChI is InChI=1S/C14H24N4O2/c1-10-8-13(20-16-10)9-17-4-6-18(7-5-17)14(19)11(2)12(3)15/h8,11-12H,4-7,9,15H2,1-3H3. The zero-order valence-electron chi connectivity index (χ0n) is 12.5. The van der Waals surface area contributed by atoms with Gasteiger partial charge in [0.2, 0.25) is 5.91 Å². The van der Waals surface area contributed by atoms with Gasteiger partial charge in [-0.2, -0.15) is 0 Å². The first-order valence-electron chi connectivity index (χ1n) is 7.16. The summed E-state index contributed by atoms with van der Waals surface area (Å²) in [7, 11) is 0. The van der Waals surface area contributed by atoms with Crippen molar-refractivity contribution in [3.8, 4) is 0 Å². The maximum atomic E-state index is 12.2. The average Bonchev–Trinajstić information content (AvgIpc) is 2.83. The second-order valence-corrected chi connectivity index (χ2v) is 5.68. The number of carbonyl (C=O) groups excluding carboxylic acids is 1. The van der Waals surface area contributed by atoms with Crippen LogP contribution in [0.3, 0.4) is 0 Å². The van der Waals surface area contributed by atoms with Gasteiger partial charge in [0.15, 0.2) is 5.76 Å². The summed E-state index contributed by atoms with van der Waals surface area (Å²) in [6.45, 7) is 9.67. The van der Waals surface area contributed by atoms with Crippen molar-refractivity contribution in [3.63, 3.8) is 0 Å². The van der Waals surface area contributed by atoms with Crippen molar-refractivity contribution in [2.75, 3.05) is 26.2 Å². The molecule has 112 valence electrons. The number of aromatic nitrogens is 1. The van der Waals surface area contributed by atoms with E-state index in [-0.39, 0.29) is 17.9 Å². The fraction of sp³-hybridized carbons (Fsp3) is 0.714. The number of aryl methyl sites for hydroxylation is 1. The number of carbonyl (C=O) groups is 1. The Hall–Kier alpha value is -1.40. The van der Waals surface area contributed by atoms with Crippen molar-refractivity contribution in [1.29, 1.82) is 0 Å². The predicted octanol–water partition coefficient (Wildman–Crippen LogP) is 0.611. The maximum Gasteiger partial charge on any atom is 0.227 e. The first-order valence-corrected chi connectivity index (χ1v) is 7.16. The van der Waals surface area contributed by atoms with Gasteiger partial charge in [-0.15, -0.1) is 0 Å². The SMILES string of the molecule is Cc1cc(CN2CCN(C(=O)C(C)C(C)N)CC2)on1. The molecule has 1 aromatic rings. The molecule has 0 radical (unpaired) electrons. The molecule has 6 heteroatoms. The topological polar surface area (TPSA) is 75.6 Å². The monoisotopic (exact) mass is 280 g/mol. The quantitative estimate of drug-likeness (QED) is 0.874. The van der Waals surface area contributed by atoms with Crippen LogP contribution in [0.25, 0.3) is 0 Å². The summed E-state index contributed by atoms with van der Waals surface area (Å²) in [5.41, 5.74) is 6.70. The molecule has 2 heterocycles. The Morgan fingerprint density at radius 2 is 2.05 bits per heavy atom.